The van der Waals surface area contributed by atoms with Crippen LogP contribution in [0, 0.1) is 11.3 Å². The van der Waals surface area contributed by atoms with Crippen LogP contribution >= 0.6 is 11.6 Å². The van der Waals surface area contributed by atoms with Gasteiger partial charge in [-0.25, -0.2) is 0 Å². The lowest BCUT2D eigenvalue weighted by molar-refractivity contribution is -0.130. The molecule has 1 N–H and O–H groups in total. The summed E-state index contributed by atoms with van der Waals surface area (Å²) in [6.45, 7) is 3.40. The third-order valence-electron chi connectivity index (χ3n) is 4.01. The van der Waals surface area contributed by atoms with Crippen molar-refractivity contribution in [3.05, 3.63) is 0 Å². The van der Waals surface area contributed by atoms with Gasteiger partial charge in [0.25, 0.3) is 0 Å². The first-order valence-electron chi connectivity index (χ1n) is 5.63. The minimum Gasteiger partial charge on any atom is -0.396 e. The van der Waals surface area contributed by atoms with E-state index in [0.29, 0.717) is 12.5 Å². The Morgan fingerprint density at radius 3 is 3.00 bits per heavy atom. The molecule has 4 heteroatoms. The van der Waals surface area contributed by atoms with Crippen molar-refractivity contribution in [2.45, 2.75) is 31.6 Å². The summed E-state index contributed by atoms with van der Waals surface area (Å²) in [6, 6.07) is 0. The Morgan fingerprint density at radius 2 is 2.47 bits per heavy atom. The van der Waals surface area contributed by atoms with Gasteiger partial charge in [0.2, 0.25) is 5.91 Å². The van der Waals surface area contributed by atoms with Gasteiger partial charge in [-0.15, -0.1) is 11.6 Å². The number of rotatable bonds is 2. The molecule has 3 nitrogen and oxygen atoms in total. The Hall–Kier alpha value is -0.280. The first-order valence-corrected chi connectivity index (χ1v) is 6.06. The lowest BCUT2D eigenvalue weighted by atomic mass is 9.82. The number of carbonyl (C=O) groups excluding carboxylic acids is 1. The molecule has 2 aliphatic rings. The molecule has 3 atom stereocenters. The zero-order chi connectivity index (χ0) is 11.1. The number of aliphatic hydroxyl groups excluding tert-OH is 1. The highest BCUT2D eigenvalue weighted by Crippen LogP contribution is 2.48. The van der Waals surface area contributed by atoms with Gasteiger partial charge in [-0.1, -0.05) is 6.42 Å². The van der Waals surface area contributed by atoms with Crippen LogP contribution in [0.2, 0.25) is 0 Å². The van der Waals surface area contributed by atoms with Crippen LogP contribution < -0.4 is 0 Å². The summed E-state index contributed by atoms with van der Waals surface area (Å²) in [4.78, 5) is 13.6. The van der Waals surface area contributed by atoms with Crippen molar-refractivity contribution in [3.63, 3.8) is 0 Å². The Bertz CT molecular complexity index is 269. The Kier molecular flexibility index (Phi) is 2.95. The Balaban J connectivity index is 2.08. The maximum absolute atomic E-state index is 11.7. The third kappa shape index (κ3) is 1.76. The maximum atomic E-state index is 11.7. The highest BCUT2D eigenvalue weighted by atomic mass is 35.5. The predicted octanol–water partition coefficient (Wildman–Crippen LogP) is 1.23. The SMILES string of the molecule is C[C@H](Cl)C(=O)N1C[C@@H]2CCC[C@]2(CO)C1. The molecule has 1 aliphatic carbocycles. The molecule has 1 saturated heterocycles. The number of halogens is 1. The van der Waals surface area contributed by atoms with Crippen LogP contribution in [0.15, 0.2) is 0 Å². The molecule has 0 aromatic rings. The third-order valence-corrected chi connectivity index (χ3v) is 4.19. The number of nitrogens with zero attached hydrogens (tertiary/aromatic N) is 1. The minimum absolute atomic E-state index is 0.0125. The summed E-state index contributed by atoms with van der Waals surface area (Å²) < 4.78 is 0. The van der Waals surface area contributed by atoms with Crippen molar-refractivity contribution >= 4 is 17.5 Å². The van der Waals surface area contributed by atoms with Crippen molar-refractivity contribution in [1.82, 2.24) is 4.90 Å². The van der Waals surface area contributed by atoms with Crippen molar-refractivity contribution in [2.24, 2.45) is 11.3 Å². The molecule has 2 fully saturated rings. The second-order valence-electron chi connectivity index (χ2n) is 4.94. The van der Waals surface area contributed by atoms with E-state index >= 15 is 0 Å². The topological polar surface area (TPSA) is 40.5 Å². The van der Waals surface area contributed by atoms with E-state index < -0.39 is 5.38 Å². The number of fused-ring (bicyclic) bond motifs is 1. The molecular formula is C11H18ClNO2. The molecule has 15 heavy (non-hydrogen) atoms. The van der Waals surface area contributed by atoms with Crippen LogP contribution in [0.25, 0.3) is 0 Å². The fourth-order valence-corrected chi connectivity index (χ4v) is 3.23. The number of alkyl halides is 1. The zero-order valence-corrected chi connectivity index (χ0v) is 9.83. The summed E-state index contributed by atoms with van der Waals surface area (Å²) in [5.41, 5.74) is -0.0125. The number of amides is 1. The summed E-state index contributed by atoms with van der Waals surface area (Å²) in [6.07, 6.45) is 3.37. The van der Waals surface area contributed by atoms with Crippen LogP contribution in [0.4, 0.5) is 0 Å². The fraction of sp³-hybridized carbons (Fsp3) is 0.909. The molecule has 0 bridgehead atoms. The van der Waals surface area contributed by atoms with Gasteiger partial charge in [0.05, 0.1) is 6.61 Å². The average Bonchev–Trinajstić information content (AvgIpc) is 2.72. The van der Waals surface area contributed by atoms with Crippen LogP contribution in [0.5, 0.6) is 0 Å². The monoisotopic (exact) mass is 231 g/mol. The molecular weight excluding hydrogens is 214 g/mol. The fourth-order valence-electron chi connectivity index (χ4n) is 3.09. The first kappa shape index (κ1) is 11.2. The Labute approximate surface area is 95.4 Å². The standard InChI is InChI=1S/C11H18ClNO2/c1-8(12)10(15)13-5-9-3-2-4-11(9,6-13)7-14/h8-9,14H,2-7H2,1H3/t8-,9-,11+/m0/s1. The quantitative estimate of drug-likeness (QED) is 0.727. The van der Waals surface area contributed by atoms with Crippen molar-refractivity contribution in [1.29, 1.82) is 0 Å². The van der Waals surface area contributed by atoms with Gasteiger partial charge in [0, 0.05) is 18.5 Å². The second-order valence-corrected chi connectivity index (χ2v) is 5.60. The predicted molar refractivity (Wildman–Crippen MR) is 58.8 cm³/mol. The molecule has 0 spiro atoms. The van der Waals surface area contributed by atoms with Gasteiger partial charge in [0.1, 0.15) is 5.38 Å². The Morgan fingerprint density at radius 1 is 1.73 bits per heavy atom. The molecule has 2 rings (SSSR count). The van der Waals surface area contributed by atoms with Gasteiger partial charge in [-0.2, -0.15) is 0 Å². The minimum atomic E-state index is -0.445. The summed E-state index contributed by atoms with van der Waals surface area (Å²) >= 11 is 5.80. The molecule has 0 radical (unpaired) electrons. The van der Waals surface area contributed by atoms with E-state index in [1.807, 2.05) is 4.90 Å². The number of carbonyl (C=O) groups is 1. The van der Waals surface area contributed by atoms with Crippen LogP contribution in [0.3, 0.4) is 0 Å². The van der Waals surface area contributed by atoms with Gasteiger partial charge in [-0.05, 0) is 25.7 Å². The molecule has 1 aliphatic heterocycles. The van der Waals surface area contributed by atoms with E-state index in [1.165, 1.54) is 6.42 Å². The number of hydrogen-bond donors (Lipinski definition) is 1. The van der Waals surface area contributed by atoms with E-state index in [-0.39, 0.29) is 17.9 Å². The summed E-state index contributed by atoms with van der Waals surface area (Å²) in [5, 5.41) is 9.05. The van der Waals surface area contributed by atoms with Gasteiger partial charge in [0.15, 0.2) is 0 Å². The number of hydrogen-bond acceptors (Lipinski definition) is 2. The van der Waals surface area contributed by atoms with Crippen molar-refractivity contribution < 1.29 is 9.90 Å². The summed E-state index contributed by atoms with van der Waals surface area (Å²) in [7, 11) is 0. The van der Waals surface area contributed by atoms with Gasteiger partial charge >= 0.3 is 0 Å². The smallest absolute Gasteiger partial charge is 0.240 e. The first-order chi connectivity index (χ1) is 7.09. The lowest BCUT2D eigenvalue weighted by Crippen LogP contribution is -2.37. The molecule has 86 valence electrons. The van der Waals surface area contributed by atoms with E-state index in [1.54, 1.807) is 6.92 Å². The summed E-state index contributed by atoms with van der Waals surface area (Å²) in [5.74, 6) is 0.501. The molecule has 0 aromatic carbocycles. The van der Waals surface area contributed by atoms with E-state index in [4.69, 9.17) is 11.6 Å². The zero-order valence-electron chi connectivity index (χ0n) is 9.08. The number of aliphatic hydroxyl groups is 1. The molecule has 1 heterocycles. The highest BCUT2D eigenvalue weighted by molar-refractivity contribution is 6.30. The van der Waals surface area contributed by atoms with Crippen molar-refractivity contribution in [3.8, 4) is 0 Å². The van der Waals surface area contributed by atoms with E-state index in [0.717, 1.165) is 19.4 Å². The van der Waals surface area contributed by atoms with Gasteiger partial charge < -0.3 is 10.0 Å². The van der Waals surface area contributed by atoms with Crippen LogP contribution in [0.1, 0.15) is 26.2 Å². The molecule has 0 unspecified atom stereocenters. The molecule has 0 aromatic heterocycles. The van der Waals surface area contributed by atoms with E-state index in [2.05, 4.69) is 0 Å². The van der Waals surface area contributed by atoms with Crippen LogP contribution in [-0.2, 0) is 4.79 Å². The maximum Gasteiger partial charge on any atom is 0.240 e. The van der Waals surface area contributed by atoms with Gasteiger partial charge in [-0.3, -0.25) is 4.79 Å². The largest absolute Gasteiger partial charge is 0.396 e. The molecule has 1 amide bonds. The highest BCUT2D eigenvalue weighted by Gasteiger charge is 2.50. The normalized spacial score (nSPS) is 36.7. The van der Waals surface area contributed by atoms with Crippen LogP contribution in [-0.4, -0.2) is 41.0 Å². The van der Waals surface area contributed by atoms with E-state index in [9.17, 15) is 9.90 Å². The van der Waals surface area contributed by atoms with Crippen molar-refractivity contribution in [2.75, 3.05) is 19.7 Å². The lowest BCUT2D eigenvalue weighted by Gasteiger charge is -2.26. The average molecular weight is 232 g/mol. The number of likely N-dealkylation sites (tertiary alicyclic amines) is 1. The second kappa shape index (κ2) is 3.95. The molecule has 1 saturated carbocycles.